The SMILES string of the molecule is CC/C=C\C(=NC)C(C)NC(=O)/C=C/C12CCC3C(CCC4C3(C)CCC3C(C)(C)C(OC(=O)CC(C)(C)C(=O)O)CCC34C)C1=C(C(C)C)C(=O)C2. The minimum absolute atomic E-state index is 0.0850. The van der Waals surface area contributed by atoms with Gasteiger partial charge in [0.2, 0.25) is 5.91 Å². The molecule has 9 unspecified atom stereocenters. The van der Waals surface area contributed by atoms with Gasteiger partial charge in [-0.3, -0.25) is 24.2 Å². The predicted octanol–water partition coefficient (Wildman–Crippen LogP) is 9.09. The molecule has 0 aliphatic heterocycles. The molecule has 5 aliphatic rings. The van der Waals surface area contributed by atoms with Crippen molar-refractivity contribution in [3.05, 3.63) is 35.5 Å². The molecule has 8 heteroatoms. The standard InChI is InChI=1S/C45H68N2O6/c1-12-13-14-31(46-11)28(4)47-36(49)20-24-45-23-17-30-29(39(45)38(27(2)3)32(48)25-45)15-16-34-43(30,9)21-18-33-42(7,8)35(19-22-44(33,34)10)53-37(50)26-41(5,6)40(51)52/h13-14,20,24,27-30,33-35H,12,15-19,21-23,25-26H2,1-11H3,(H,47,49)(H,51,52)/b14-13-,24-20+,46-31?. The molecular formula is C45H68N2O6. The van der Waals surface area contributed by atoms with Crippen LogP contribution in [0.2, 0.25) is 0 Å². The lowest BCUT2D eigenvalue weighted by atomic mass is 9.36. The maximum Gasteiger partial charge on any atom is 0.309 e. The van der Waals surface area contributed by atoms with Gasteiger partial charge in [-0.2, -0.15) is 0 Å². The van der Waals surface area contributed by atoms with Crippen LogP contribution in [0.5, 0.6) is 0 Å². The topological polar surface area (TPSA) is 122 Å². The monoisotopic (exact) mass is 733 g/mol. The third kappa shape index (κ3) is 7.26. The summed E-state index contributed by atoms with van der Waals surface area (Å²) in [4.78, 5) is 56.4. The number of hydrogen-bond donors (Lipinski definition) is 2. The van der Waals surface area contributed by atoms with Crippen LogP contribution >= 0.6 is 0 Å². The molecule has 53 heavy (non-hydrogen) atoms. The van der Waals surface area contributed by atoms with E-state index in [2.05, 4.69) is 64.9 Å². The van der Waals surface area contributed by atoms with Crippen molar-refractivity contribution in [3.8, 4) is 0 Å². The fraction of sp³-hybridized carbons (Fsp3) is 0.756. The molecule has 8 nitrogen and oxygen atoms in total. The number of aliphatic imine (C=N–C) groups is 1. The molecule has 4 saturated carbocycles. The Morgan fingerprint density at radius 2 is 1.64 bits per heavy atom. The van der Waals surface area contributed by atoms with E-state index in [9.17, 15) is 24.3 Å². The highest BCUT2D eigenvalue weighted by molar-refractivity contribution is 6.03. The number of carbonyl (C=O) groups is 4. The molecule has 0 aromatic heterocycles. The summed E-state index contributed by atoms with van der Waals surface area (Å²) in [5.74, 6) is 0.506. The molecule has 0 aromatic carbocycles. The van der Waals surface area contributed by atoms with Gasteiger partial charge in [-0.1, -0.05) is 60.6 Å². The molecular weight excluding hydrogens is 665 g/mol. The number of nitrogens with one attached hydrogen (secondary N) is 1. The average molecular weight is 733 g/mol. The number of ketones is 1. The van der Waals surface area contributed by atoms with Crippen LogP contribution in [0.4, 0.5) is 0 Å². The maximum absolute atomic E-state index is 13.9. The Morgan fingerprint density at radius 3 is 2.26 bits per heavy atom. The summed E-state index contributed by atoms with van der Waals surface area (Å²) in [7, 11) is 1.75. The van der Waals surface area contributed by atoms with E-state index >= 15 is 0 Å². The van der Waals surface area contributed by atoms with Crippen molar-refractivity contribution < 1.29 is 29.0 Å². The van der Waals surface area contributed by atoms with E-state index in [0.29, 0.717) is 30.1 Å². The lowest BCUT2D eigenvalue weighted by Crippen LogP contribution is -2.63. The second-order valence-corrected chi connectivity index (χ2v) is 19.4. The fourth-order valence-electron chi connectivity index (χ4n) is 12.6. The van der Waals surface area contributed by atoms with Crippen LogP contribution in [0.25, 0.3) is 0 Å². The highest BCUT2D eigenvalue weighted by atomic mass is 16.5. The van der Waals surface area contributed by atoms with E-state index in [0.717, 1.165) is 69.1 Å². The Labute approximate surface area is 319 Å². The molecule has 4 fully saturated rings. The summed E-state index contributed by atoms with van der Waals surface area (Å²) in [6, 6.07) is -0.220. The van der Waals surface area contributed by atoms with Gasteiger partial charge >= 0.3 is 11.9 Å². The van der Waals surface area contributed by atoms with E-state index < -0.39 is 22.8 Å². The number of aliphatic carboxylic acids is 1. The number of esters is 1. The Hall–Kier alpha value is -3.03. The van der Waals surface area contributed by atoms with E-state index in [1.807, 2.05) is 19.1 Å². The van der Waals surface area contributed by atoms with Crippen molar-refractivity contribution in [2.24, 2.45) is 61.7 Å². The summed E-state index contributed by atoms with van der Waals surface area (Å²) < 4.78 is 6.15. The first-order valence-corrected chi connectivity index (χ1v) is 20.5. The number of carboxylic acids is 1. The zero-order chi connectivity index (χ0) is 39.3. The zero-order valence-electron chi connectivity index (χ0n) is 34.6. The molecule has 0 heterocycles. The Morgan fingerprint density at radius 1 is 0.962 bits per heavy atom. The number of amides is 1. The number of Topliss-reactive ketones (excluding diaryl/α,β-unsaturated/α-hetero) is 1. The summed E-state index contributed by atoms with van der Waals surface area (Å²) in [6.07, 6.45) is 16.8. The molecule has 2 N–H and O–H groups in total. The van der Waals surface area contributed by atoms with Crippen molar-refractivity contribution in [2.45, 2.75) is 152 Å². The number of allylic oxidation sites excluding steroid dienone is 4. The minimum Gasteiger partial charge on any atom is -0.481 e. The molecule has 0 aromatic rings. The van der Waals surface area contributed by atoms with E-state index in [4.69, 9.17) is 4.74 Å². The second kappa shape index (κ2) is 14.9. The number of carboxylic acid groups (broad SMARTS) is 1. The van der Waals surface area contributed by atoms with Gasteiger partial charge in [0, 0.05) is 24.3 Å². The number of hydrogen-bond acceptors (Lipinski definition) is 6. The molecule has 1 amide bonds. The van der Waals surface area contributed by atoms with Gasteiger partial charge in [-0.15, -0.1) is 0 Å². The maximum atomic E-state index is 13.9. The fourth-order valence-corrected chi connectivity index (χ4v) is 12.6. The van der Waals surface area contributed by atoms with Gasteiger partial charge < -0.3 is 15.2 Å². The van der Waals surface area contributed by atoms with Crippen LogP contribution in [0.15, 0.2) is 40.4 Å². The number of fused-ring (bicyclic) bond motifs is 7. The third-order valence-electron chi connectivity index (χ3n) is 15.2. The Balaban J connectivity index is 1.39. The molecule has 0 radical (unpaired) electrons. The van der Waals surface area contributed by atoms with Crippen LogP contribution in [0, 0.1) is 56.7 Å². The van der Waals surface area contributed by atoms with Crippen molar-refractivity contribution in [3.63, 3.8) is 0 Å². The predicted molar refractivity (Wildman–Crippen MR) is 210 cm³/mol. The largest absolute Gasteiger partial charge is 0.481 e. The molecule has 0 saturated heterocycles. The van der Waals surface area contributed by atoms with Crippen LogP contribution in [-0.4, -0.2) is 53.6 Å². The van der Waals surface area contributed by atoms with Gasteiger partial charge in [-0.05, 0) is 142 Å². The highest BCUT2D eigenvalue weighted by Gasteiger charge is 2.66. The van der Waals surface area contributed by atoms with E-state index in [1.54, 1.807) is 27.0 Å². The number of rotatable bonds is 11. The molecule has 0 spiro atoms. The van der Waals surface area contributed by atoms with Crippen molar-refractivity contribution >= 4 is 29.3 Å². The summed E-state index contributed by atoms with van der Waals surface area (Å²) >= 11 is 0. The normalized spacial score (nSPS) is 36.2. The van der Waals surface area contributed by atoms with Crippen LogP contribution < -0.4 is 5.32 Å². The molecule has 5 aliphatic carbocycles. The second-order valence-electron chi connectivity index (χ2n) is 19.4. The van der Waals surface area contributed by atoms with Crippen molar-refractivity contribution in [2.75, 3.05) is 7.05 Å². The van der Waals surface area contributed by atoms with Gasteiger partial charge in [-0.25, -0.2) is 0 Å². The van der Waals surface area contributed by atoms with Crippen molar-refractivity contribution in [1.29, 1.82) is 0 Å². The Kier molecular flexibility index (Phi) is 11.6. The quantitative estimate of drug-likeness (QED) is 0.124. The summed E-state index contributed by atoms with van der Waals surface area (Å²) in [5.41, 5.74) is 1.57. The highest BCUT2D eigenvalue weighted by Crippen LogP contribution is 2.73. The molecule has 5 rings (SSSR count). The first kappa shape index (κ1) is 41.1. The Bertz CT molecular complexity index is 1600. The lowest BCUT2D eigenvalue weighted by molar-refractivity contribution is -0.213. The third-order valence-corrected chi connectivity index (χ3v) is 15.2. The molecule has 9 atom stereocenters. The number of nitrogens with zero attached hydrogens (tertiary/aromatic N) is 1. The summed E-state index contributed by atoms with van der Waals surface area (Å²) in [5, 5.41) is 12.7. The van der Waals surface area contributed by atoms with Gasteiger partial charge in [0.1, 0.15) is 6.10 Å². The van der Waals surface area contributed by atoms with E-state index in [-0.39, 0.29) is 52.4 Å². The molecule has 294 valence electrons. The molecule has 0 bridgehead atoms. The lowest BCUT2D eigenvalue weighted by Gasteiger charge is -2.68. The average Bonchev–Trinajstić information content (AvgIpc) is 3.37. The minimum atomic E-state index is -1.16. The smallest absolute Gasteiger partial charge is 0.309 e. The van der Waals surface area contributed by atoms with Crippen LogP contribution in [0.3, 0.4) is 0 Å². The first-order chi connectivity index (χ1) is 24.7. The van der Waals surface area contributed by atoms with E-state index in [1.165, 1.54) is 5.57 Å². The van der Waals surface area contributed by atoms with Crippen LogP contribution in [0.1, 0.15) is 140 Å². The van der Waals surface area contributed by atoms with Gasteiger partial charge in [0.25, 0.3) is 0 Å². The number of ether oxygens (including phenoxy) is 1. The van der Waals surface area contributed by atoms with Crippen LogP contribution in [-0.2, 0) is 23.9 Å². The van der Waals surface area contributed by atoms with Gasteiger partial charge in [0.05, 0.1) is 23.6 Å². The summed E-state index contributed by atoms with van der Waals surface area (Å²) in [6.45, 7) is 21.1. The van der Waals surface area contributed by atoms with Gasteiger partial charge in [0.15, 0.2) is 5.78 Å². The van der Waals surface area contributed by atoms with Crippen molar-refractivity contribution in [1.82, 2.24) is 5.32 Å². The first-order valence-electron chi connectivity index (χ1n) is 20.5. The number of carbonyl (C=O) groups excluding carboxylic acids is 3. The zero-order valence-corrected chi connectivity index (χ0v) is 34.6.